The molecular formula is C12H13F13O3Si. The largest absolute Gasteiger partial charge is 0.528 e. The molecule has 0 rings (SSSR count). The van der Waals surface area contributed by atoms with E-state index in [4.69, 9.17) is 0 Å². The number of allylic oxidation sites excluding steroid dienone is 1. The highest BCUT2D eigenvalue weighted by molar-refractivity contribution is 6.66. The highest BCUT2D eigenvalue weighted by Crippen LogP contribution is 2.60. The van der Waals surface area contributed by atoms with Crippen molar-refractivity contribution < 1.29 is 70.4 Å². The quantitative estimate of drug-likeness (QED) is 0.322. The topological polar surface area (TPSA) is 27.7 Å². The molecule has 0 aromatic heterocycles. The van der Waals surface area contributed by atoms with Gasteiger partial charge in [0.2, 0.25) is 0 Å². The SMILES string of the molecule is CO[Si](/C=C/CC(F)(F)C(F)(F)C(F)(F)C(F)(F)C(F)(F)C(F)(F)F)(OC)OC. The molecule has 0 aromatic carbocycles. The molecule has 0 saturated carbocycles. The summed E-state index contributed by atoms with van der Waals surface area (Å²) >= 11 is 0. The first-order valence-electron chi connectivity index (χ1n) is 6.93. The Hall–Kier alpha value is -1.07. The van der Waals surface area contributed by atoms with Gasteiger partial charge in [-0.25, -0.2) is 0 Å². The van der Waals surface area contributed by atoms with E-state index in [1.54, 1.807) is 0 Å². The summed E-state index contributed by atoms with van der Waals surface area (Å²) in [5.41, 5.74) is 0.442. The maximum Gasteiger partial charge on any atom is 0.528 e. The van der Waals surface area contributed by atoms with Crippen LogP contribution in [0.25, 0.3) is 0 Å². The zero-order valence-electron chi connectivity index (χ0n) is 14.5. The smallest absolute Gasteiger partial charge is 0.374 e. The maximum atomic E-state index is 13.6. The number of halogens is 13. The molecule has 0 fully saturated rings. The van der Waals surface area contributed by atoms with E-state index in [0.717, 1.165) is 21.3 Å². The van der Waals surface area contributed by atoms with Crippen LogP contribution >= 0.6 is 0 Å². The summed E-state index contributed by atoms with van der Waals surface area (Å²) < 4.78 is 182. The second kappa shape index (κ2) is 8.22. The summed E-state index contributed by atoms with van der Waals surface area (Å²) in [6, 6.07) is 0. The summed E-state index contributed by atoms with van der Waals surface area (Å²) in [5, 5.41) is 0. The van der Waals surface area contributed by atoms with Gasteiger partial charge in [0, 0.05) is 27.8 Å². The third-order valence-corrected chi connectivity index (χ3v) is 5.90. The van der Waals surface area contributed by atoms with Crippen LogP contribution in [0.4, 0.5) is 57.1 Å². The second-order valence-corrected chi connectivity index (χ2v) is 8.09. The molecular weight excluding hydrogens is 467 g/mol. The van der Waals surface area contributed by atoms with Crippen LogP contribution in [0.2, 0.25) is 0 Å². The van der Waals surface area contributed by atoms with Crippen LogP contribution in [-0.4, -0.2) is 65.9 Å². The average Bonchev–Trinajstić information content (AvgIpc) is 2.57. The number of rotatable bonds is 10. The first kappa shape index (κ1) is 27.9. The van der Waals surface area contributed by atoms with Crippen molar-refractivity contribution in [2.45, 2.75) is 42.2 Å². The molecule has 0 saturated heterocycles. The molecule has 0 aliphatic rings. The highest BCUT2D eigenvalue weighted by atomic mass is 28.4. The fourth-order valence-corrected chi connectivity index (χ4v) is 3.05. The monoisotopic (exact) mass is 480 g/mol. The predicted molar refractivity (Wildman–Crippen MR) is 71.3 cm³/mol. The van der Waals surface area contributed by atoms with Crippen LogP contribution in [0.15, 0.2) is 11.8 Å². The minimum atomic E-state index is -7.92. The Morgan fingerprint density at radius 1 is 0.586 bits per heavy atom. The Morgan fingerprint density at radius 2 is 0.931 bits per heavy atom. The summed E-state index contributed by atoms with van der Waals surface area (Å²) in [6.07, 6.45) is -9.95. The highest BCUT2D eigenvalue weighted by Gasteiger charge is 2.90. The van der Waals surface area contributed by atoms with Crippen molar-refractivity contribution in [3.05, 3.63) is 11.8 Å². The Bertz CT molecular complexity index is 576. The summed E-state index contributed by atoms with van der Waals surface area (Å²) in [6.45, 7) is 0. The molecule has 0 N–H and O–H groups in total. The lowest BCUT2D eigenvalue weighted by molar-refractivity contribution is -0.439. The molecule has 174 valence electrons. The number of hydrogen-bond donors (Lipinski definition) is 0. The van der Waals surface area contributed by atoms with Crippen molar-refractivity contribution in [2.75, 3.05) is 21.3 Å². The van der Waals surface area contributed by atoms with Crippen LogP contribution in [0.3, 0.4) is 0 Å². The fourth-order valence-electron chi connectivity index (χ4n) is 1.74. The normalized spacial score (nSPS) is 16.0. The fraction of sp³-hybridized carbons (Fsp3) is 0.833. The zero-order chi connectivity index (χ0) is 23.7. The van der Waals surface area contributed by atoms with Crippen molar-refractivity contribution in [1.29, 1.82) is 0 Å². The van der Waals surface area contributed by atoms with E-state index < -0.39 is 51.0 Å². The Labute approximate surface area is 155 Å². The van der Waals surface area contributed by atoms with E-state index in [9.17, 15) is 57.1 Å². The van der Waals surface area contributed by atoms with Crippen LogP contribution in [0, 0.1) is 0 Å². The number of hydrogen-bond acceptors (Lipinski definition) is 3. The van der Waals surface area contributed by atoms with Crippen LogP contribution < -0.4 is 0 Å². The lowest BCUT2D eigenvalue weighted by atomic mass is 9.92. The van der Waals surface area contributed by atoms with Gasteiger partial charge in [-0.2, -0.15) is 57.1 Å². The van der Waals surface area contributed by atoms with E-state index in [2.05, 4.69) is 13.3 Å². The third-order valence-electron chi connectivity index (χ3n) is 3.55. The Kier molecular flexibility index (Phi) is 7.92. The summed E-state index contributed by atoms with van der Waals surface area (Å²) in [5.74, 6) is -37.0. The van der Waals surface area contributed by atoms with Gasteiger partial charge in [-0.1, -0.05) is 6.08 Å². The van der Waals surface area contributed by atoms with Crippen molar-refractivity contribution in [3.63, 3.8) is 0 Å². The Morgan fingerprint density at radius 3 is 1.24 bits per heavy atom. The van der Waals surface area contributed by atoms with Gasteiger partial charge in [0.05, 0.1) is 0 Å². The molecule has 0 heterocycles. The van der Waals surface area contributed by atoms with Gasteiger partial charge in [-0.3, -0.25) is 0 Å². The summed E-state index contributed by atoms with van der Waals surface area (Å²) in [7, 11) is -1.16. The number of alkyl halides is 13. The van der Waals surface area contributed by atoms with Crippen LogP contribution in [0.1, 0.15) is 6.42 Å². The molecule has 0 aromatic rings. The lowest BCUT2D eigenvalue weighted by Crippen LogP contribution is -2.70. The predicted octanol–water partition coefficient (Wildman–Crippen LogP) is 5.09. The minimum absolute atomic E-state index is 0.0211. The van der Waals surface area contributed by atoms with Gasteiger partial charge in [0.15, 0.2) is 0 Å². The molecule has 3 nitrogen and oxygen atoms in total. The van der Waals surface area contributed by atoms with Crippen LogP contribution in [0.5, 0.6) is 0 Å². The minimum Gasteiger partial charge on any atom is -0.374 e. The van der Waals surface area contributed by atoms with E-state index in [1.807, 2.05) is 0 Å². The van der Waals surface area contributed by atoms with Crippen molar-refractivity contribution in [1.82, 2.24) is 0 Å². The van der Waals surface area contributed by atoms with Gasteiger partial charge in [0.1, 0.15) is 0 Å². The van der Waals surface area contributed by atoms with Gasteiger partial charge < -0.3 is 13.3 Å². The van der Waals surface area contributed by atoms with Gasteiger partial charge >= 0.3 is 44.6 Å². The van der Waals surface area contributed by atoms with Gasteiger partial charge in [-0.05, 0) is 5.70 Å². The van der Waals surface area contributed by atoms with E-state index >= 15 is 0 Å². The first-order valence-corrected chi connectivity index (χ1v) is 8.73. The van der Waals surface area contributed by atoms with E-state index in [1.165, 1.54) is 0 Å². The molecule has 0 aliphatic heterocycles. The maximum absolute atomic E-state index is 13.6. The Balaban J connectivity index is 6.06. The van der Waals surface area contributed by atoms with E-state index in [0.29, 0.717) is 5.70 Å². The van der Waals surface area contributed by atoms with Gasteiger partial charge in [0.25, 0.3) is 0 Å². The molecule has 29 heavy (non-hydrogen) atoms. The standard InChI is InChI=1S/C12H13F13O3Si/c1-26-29(27-2,28-3)6-4-5-7(13,14)8(15,16)9(17,18)10(19,20)11(21,22)12(23,24)25/h4,6H,5H2,1-3H3/b6-4+. The van der Waals surface area contributed by atoms with Crippen molar-refractivity contribution >= 4 is 8.80 Å². The van der Waals surface area contributed by atoms with Crippen molar-refractivity contribution in [2.24, 2.45) is 0 Å². The van der Waals surface area contributed by atoms with Gasteiger partial charge in [-0.15, -0.1) is 0 Å². The average molecular weight is 480 g/mol. The second-order valence-electron chi connectivity index (χ2n) is 5.32. The third kappa shape index (κ3) is 4.51. The lowest BCUT2D eigenvalue weighted by Gasteiger charge is -2.39. The van der Waals surface area contributed by atoms with Crippen LogP contribution in [-0.2, 0) is 13.3 Å². The molecule has 0 unspecified atom stereocenters. The molecule has 0 atom stereocenters. The molecule has 0 radical (unpaired) electrons. The molecule has 0 amide bonds. The van der Waals surface area contributed by atoms with E-state index in [-0.39, 0.29) is 6.08 Å². The molecule has 0 bridgehead atoms. The molecule has 17 heteroatoms. The molecule has 0 aliphatic carbocycles. The zero-order valence-corrected chi connectivity index (χ0v) is 15.5. The first-order chi connectivity index (χ1) is 12.6. The molecule has 0 spiro atoms. The summed E-state index contributed by atoms with van der Waals surface area (Å²) in [4.78, 5) is 0. The van der Waals surface area contributed by atoms with Crippen molar-refractivity contribution in [3.8, 4) is 0 Å².